The van der Waals surface area contributed by atoms with E-state index in [9.17, 15) is 24.2 Å². The van der Waals surface area contributed by atoms with Crippen LogP contribution in [0.5, 0.6) is 0 Å². The van der Waals surface area contributed by atoms with Gasteiger partial charge in [0.1, 0.15) is 12.7 Å². The quantitative estimate of drug-likeness (QED) is 0.0383. The second-order valence-corrected chi connectivity index (χ2v) is 13.0. The standard InChI is InChI=1S/C32H63O10P/c1-3-5-7-9-11-13-14-15-16-18-19-21-23-31(35)39-27-30(28-41-43(37,38)40-26-29(34)25-33)42-32(36)24-22-20-17-12-10-8-6-4-2/h29-30,33-34H,3-28H2,1-2H3,(H,37,38)/t29-,30+/m0/s1. The summed E-state index contributed by atoms with van der Waals surface area (Å²) >= 11 is 0. The molecule has 0 spiro atoms. The van der Waals surface area contributed by atoms with Crippen LogP contribution in [0.15, 0.2) is 0 Å². The predicted molar refractivity (Wildman–Crippen MR) is 169 cm³/mol. The van der Waals surface area contributed by atoms with Crippen LogP contribution in [0.1, 0.15) is 155 Å². The summed E-state index contributed by atoms with van der Waals surface area (Å²) in [5.74, 6) is -0.924. The van der Waals surface area contributed by atoms with E-state index in [1.807, 2.05) is 0 Å². The van der Waals surface area contributed by atoms with Crippen LogP contribution in [-0.4, -0.2) is 65.7 Å². The van der Waals surface area contributed by atoms with Crippen molar-refractivity contribution in [3.63, 3.8) is 0 Å². The molecule has 0 aromatic heterocycles. The molecule has 3 N–H and O–H groups in total. The molecule has 0 aliphatic heterocycles. The molecule has 0 saturated carbocycles. The lowest BCUT2D eigenvalue weighted by Crippen LogP contribution is -2.29. The molecule has 0 aliphatic rings. The number of carbonyl (C=O) groups is 2. The molecule has 0 amide bonds. The molecule has 0 heterocycles. The minimum Gasteiger partial charge on any atom is -0.462 e. The van der Waals surface area contributed by atoms with E-state index in [1.165, 1.54) is 77.0 Å². The molecule has 256 valence electrons. The van der Waals surface area contributed by atoms with Gasteiger partial charge in [-0.3, -0.25) is 18.6 Å². The zero-order valence-electron chi connectivity index (χ0n) is 27.2. The molecule has 0 bridgehead atoms. The highest BCUT2D eigenvalue weighted by molar-refractivity contribution is 7.47. The Hall–Kier alpha value is -1.03. The van der Waals surface area contributed by atoms with Gasteiger partial charge in [0.2, 0.25) is 0 Å². The van der Waals surface area contributed by atoms with Crippen molar-refractivity contribution in [2.24, 2.45) is 0 Å². The summed E-state index contributed by atoms with van der Waals surface area (Å²) in [6.45, 7) is 2.32. The van der Waals surface area contributed by atoms with Crippen LogP contribution in [0.25, 0.3) is 0 Å². The summed E-state index contributed by atoms with van der Waals surface area (Å²) in [6.07, 6.45) is 20.9. The number of phosphoric acid groups is 1. The molecule has 11 heteroatoms. The van der Waals surface area contributed by atoms with Gasteiger partial charge in [-0.25, -0.2) is 4.57 Å². The molecular formula is C32H63O10P. The van der Waals surface area contributed by atoms with Crippen molar-refractivity contribution in [1.82, 2.24) is 0 Å². The van der Waals surface area contributed by atoms with Gasteiger partial charge in [-0.2, -0.15) is 0 Å². The minimum absolute atomic E-state index is 0.189. The molecule has 0 aromatic rings. The van der Waals surface area contributed by atoms with Gasteiger partial charge in [0.15, 0.2) is 6.10 Å². The van der Waals surface area contributed by atoms with E-state index < -0.39 is 51.8 Å². The molecule has 0 aliphatic carbocycles. The number of esters is 2. The van der Waals surface area contributed by atoms with Gasteiger partial charge in [-0.15, -0.1) is 0 Å². The third-order valence-corrected chi connectivity index (χ3v) is 8.21. The highest BCUT2D eigenvalue weighted by Gasteiger charge is 2.27. The summed E-state index contributed by atoms with van der Waals surface area (Å²) in [7, 11) is -4.59. The zero-order chi connectivity index (χ0) is 32.0. The van der Waals surface area contributed by atoms with Crippen molar-refractivity contribution in [2.75, 3.05) is 26.4 Å². The van der Waals surface area contributed by atoms with Crippen LogP contribution >= 0.6 is 7.82 Å². The molecular weight excluding hydrogens is 575 g/mol. The van der Waals surface area contributed by atoms with E-state index in [-0.39, 0.29) is 19.4 Å². The van der Waals surface area contributed by atoms with E-state index >= 15 is 0 Å². The summed E-state index contributed by atoms with van der Waals surface area (Å²) in [6, 6.07) is 0. The SMILES string of the molecule is CCCCCCCCCCCCCCC(=O)OC[C@H](COP(=O)(O)OC[C@@H](O)CO)OC(=O)CCCCCCCCCC. The molecule has 0 radical (unpaired) electrons. The number of hydrogen-bond donors (Lipinski definition) is 3. The van der Waals surface area contributed by atoms with Crippen molar-refractivity contribution < 1.29 is 47.8 Å². The molecule has 0 aromatic carbocycles. The minimum atomic E-state index is -4.59. The summed E-state index contributed by atoms with van der Waals surface area (Å²) in [5, 5.41) is 18.2. The third kappa shape index (κ3) is 29.4. The zero-order valence-corrected chi connectivity index (χ0v) is 28.1. The Morgan fingerprint density at radius 1 is 0.605 bits per heavy atom. The van der Waals surface area contributed by atoms with Crippen LogP contribution in [0.4, 0.5) is 0 Å². The van der Waals surface area contributed by atoms with Crippen molar-refractivity contribution in [3.05, 3.63) is 0 Å². The Kier molecular flexibility index (Phi) is 29.0. The number of aliphatic hydroxyl groups excluding tert-OH is 2. The molecule has 1 unspecified atom stereocenters. The second kappa shape index (κ2) is 29.7. The number of hydrogen-bond acceptors (Lipinski definition) is 9. The van der Waals surface area contributed by atoms with Gasteiger partial charge >= 0.3 is 19.8 Å². The lowest BCUT2D eigenvalue weighted by molar-refractivity contribution is -0.161. The average molecular weight is 639 g/mol. The van der Waals surface area contributed by atoms with Crippen molar-refractivity contribution >= 4 is 19.8 Å². The molecule has 0 saturated heterocycles. The average Bonchev–Trinajstić information content (AvgIpc) is 2.99. The largest absolute Gasteiger partial charge is 0.472 e. The predicted octanol–water partition coefficient (Wildman–Crippen LogP) is 7.55. The van der Waals surface area contributed by atoms with Gasteiger partial charge in [0.25, 0.3) is 0 Å². The van der Waals surface area contributed by atoms with Gasteiger partial charge in [0.05, 0.1) is 19.8 Å². The van der Waals surface area contributed by atoms with Gasteiger partial charge in [-0.05, 0) is 12.8 Å². The molecule has 3 atom stereocenters. The first-order chi connectivity index (χ1) is 20.7. The lowest BCUT2D eigenvalue weighted by atomic mass is 10.0. The summed E-state index contributed by atoms with van der Waals surface area (Å²) in [5.41, 5.74) is 0. The lowest BCUT2D eigenvalue weighted by Gasteiger charge is -2.20. The van der Waals surface area contributed by atoms with Crippen LogP contribution in [-0.2, 0) is 32.7 Å². The topological polar surface area (TPSA) is 149 Å². The fraction of sp³-hybridized carbons (Fsp3) is 0.938. The van der Waals surface area contributed by atoms with Gasteiger partial charge in [-0.1, -0.05) is 129 Å². The Labute approximate surface area is 261 Å². The van der Waals surface area contributed by atoms with Crippen molar-refractivity contribution in [3.8, 4) is 0 Å². The summed E-state index contributed by atoms with van der Waals surface area (Å²) < 4.78 is 32.4. The third-order valence-electron chi connectivity index (χ3n) is 7.26. The molecule has 0 fully saturated rings. The van der Waals surface area contributed by atoms with Gasteiger partial charge in [0, 0.05) is 12.8 Å². The smallest absolute Gasteiger partial charge is 0.462 e. The Morgan fingerprint density at radius 2 is 1.00 bits per heavy atom. The Bertz CT molecular complexity index is 706. The van der Waals surface area contributed by atoms with E-state index in [2.05, 4.69) is 18.4 Å². The van der Waals surface area contributed by atoms with Crippen molar-refractivity contribution in [1.29, 1.82) is 0 Å². The normalized spacial score (nSPS) is 14.3. The van der Waals surface area contributed by atoms with E-state index in [1.54, 1.807) is 0 Å². The number of carbonyl (C=O) groups excluding carboxylic acids is 2. The van der Waals surface area contributed by atoms with E-state index in [4.69, 9.17) is 19.1 Å². The molecule has 0 rings (SSSR count). The van der Waals surface area contributed by atoms with E-state index in [0.717, 1.165) is 38.5 Å². The maximum atomic E-state index is 12.4. The number of phosphoric ester groups is 1. The number of aliphatic hydroxyl groups is 2. The van der Waals surface area contributed by atoms with Crippen molar-refractivity contribution in [2.45, 2.75) is 167 Å². The number of ether oxygens (including phenoxy) is 2. The highest BCUT2D eigenvalue weighted by Crippen LogP contribution is 2.43. The van der Waals surface area contributed by atoms with Crippen LogP contribution in [0.3, 0.4) is 0 Å². The first-order valence-electron chi connectivity index (χ1n) is 17.0. The maximum absolute atomic E-state index is 12.4. The molecule has 43 heavy (non-hydrogen) atoms. The number of rotatable bonds is 32. The monoisotopic (exact) mass is 638 g/mol. The van der Waals surface area contributed by atoms with Crippen LogP contribution < -0.4 is 0 Å². The Morgan fingerprint density at radius 3 is 1.44 bits per heavy atom. The number of unbranched alkanes of at least 4 members (excludes halogenated alkanes) is 18. The maximum Gasteiger partial charge on any atom is 0.472 e. The van der Waals surface area contributed by atoms with Crippen LogP contribution in [0.2, 0.25) is 0 Å². The second-order valence-electron chi connectivity index (χ2n) is 11.6. The first kappa shape index (κ1) is 42.0. The fourth-order valence-corrected chi connectivity index (χ4v) is 5.37. The van der Waals surface area contributed by atoms with Gasteiger partial charge < -0.3 is 24.6 Å². The fourth-order valence-electron chi connectivity index (χ4n) is 4.58. The summed E-state index contributed by atoms with van der Waals surface area (Å²) in [4.78, 5) is 34.5. The molecule has 10 nitrogen and oxygen atoms in total. The highest BCUT2D eigenvalue weighted by atomic mass is 31.2. The van der Waals surface area contributed by atoms with Crippen LogP contribution in [0, 0.1) is 0 Å². The first-order valence-corrected chi connectivity index (χ1v) is 18.5. The Balaban J connectivity index is 4.38. The van der Waals surface area contributed by atoms with E-state index in [0.29, 0.717) is 12.8 Å².